The molecule has 0 aliphatic carbocycles. The molecule has 14 heavy (non-hydrogen) atoms. The molecule has 0 aromatic carbocycles. The van der Waals surface area contributed by atoms with E-state index in [9.17, 15) is 9.90 Å². The number of esters is 1. The fraction of sp³-hybridized carbons (Fsp3) is 0.889. The van der Waals surface area contributed by atoms with E-state index in [0.29, 0.717) is 13.0 Å². The van der Waals surface area contributed by atoms with E-state index >= 15 is 0 Å². The molecule has 0 amide bonds. The molecule has 0 rings (SSSR count). The standard InChI is InChI=1S/C7H14O3.C2H8OSi/c1-4-7(3,9)6(8)10-5-2;1-2-3-4/h9H,4-5H2,1-3H3;2H2,1,4H3. The maximum atomic E-state index is 10.8. The third kappa shape index (κ3) is 8.22. The minimum Gasteiger partial charge on any atom is -0.464 e. The second kappa shape index (κ2) is 9.17. The summed E-state index contributed by atoms with van der Waals surface area (Å²) in [6.07, 6.45) is 0.381. The number of rotatable bonds is 4. The molecular weight excluding hydrogens is 200 g/mol. The molecule has 1 atom stereocenters. The Morgan fingerprint density at radius 1 is 1.36 bits per heavy atom. The van der Waals surface area contributed by atoms with Crippen LogP contribution in [0.15, 0.2) is 0 Å². The van der Waals surface area contributed by atoms with E-state index in [1.165, 1.54) is 6.92 Å². The lowest BCUT2D eigenvalue weighted by Gasteiger charge is -2.17. The molecule has 0 saturated carbocycles. The monoisotopic (exact) mass is 222 g/mol. The van der Waals surface area contributed by atoms with Crippen LogP contribution in [-0.4, -0.2) is 40.4 Å². The Hall–Kier alpha value is -0.393. The van der Waals surface area contributed by atoms with Crippen LogP contribution in [0.5, 0.6) is 0 Å². The molecule has 0 aliphatic heterocycles. The third-order valence-electron chi connectivity index (χ3n) is 1.69. The van der Waals surface area contributed by atoms with Crippen molar-refractivity contribution in [1.29, 1.82) is 0 Å². The number of ether oxygens (including phenoxy) is 1. The summed E-state index contributed by atoms with van der Waals surface area (Å²) < 4.78 is 9.29. The van der Waals surface area contributed by atoms with Crippen molar-refractivity contribution in [2.45, 2.75) is 39.7 Å². The molecule has 0 bridgehead atoms. The van der Waals surface area contributed by atoms with Gasteiger partial charge >= 0.3 is 5.97 Å². The maximum absolute atomic E-state index is 10.8. The topological polar surface area (TPSA) is 55.8 Å². The van der Waals surface area contributed by atoms with E-state index in [4.69, 9.17) is 0 Å². The van der Waals surface area contributed by atoms with E-state index in [1.54, 1.807) is 13.8 Å². The van der Waals surface area contributed by atoms with Crippen molar-refractivity contribution in [3.63, 3.8) is 0 Å². The van der Waals surface area contributed by atoms with Crippen molar-refractivity contribution in [3.8, 4) is 0 Å². The summed E-state index contributed by atoms with van der Waals surface area (Å²) >= 11 is 0. The van der Waals surface area contributed by atoms with Gasteiger partial charge in [-0.05, 0) is 27.2 Å². The van der Waals surface area contributed by atoms with Crippen molar-refractivity contribution in [1.82, 2.24) is 0 Å². The Morgan fingerprint density at radius 2 is 1.79 bits per heavy atom. The first-order valence-electron chi connectivity index (χ1n) is 4.84. The molecule has 5 heteroatoms. The molecule has 0 heterocycles. The van der Waals surface area contributed by atoms with Crippen LogP contribution in [0.2, 0.25) is 0 Å². The predicted molar refractivity (Wildman–Crippen MR) is 59.1 cm³/mol. The van der Waals surface area contributed by atoms with Gasteiger partial charge in [0, 0.05) is 6.61 Å². The fourth-order valence-electron chi connectivity index (χ4n) is 0.431. The highest BCUT2D eigenvalue weighted by molar-refractivity contribution is 5.97. The zero-order valence-electron chi connectivity index (χ0n) is 9.79. The van der Waals surface area contributed by atoms with Crippen LogP contribution < -0.4 is 0 Å². The first-order chi connectivity index (χ1) is 6.46. The predicted octanol–water partition coefficient (Wildman–Crippen LogP) is 0.0138. The van der Waals surface area contributed by atoms with Crippen LogP contribution >= 0.6 is 0 Å². The average Bonchev–Trinajstić information content (AvgIpc) is 2.18. The number of carbonyl (C=O) groups excluding carboxylic acids is 1. The quantitative estimate of drug-likeness (QED) is 0.538. The average molecular weight is 222 g/mol. The van der Waals surface area contributed by atoms with Crippen molar-refractivity contribution < 1.29 is 19.1 Å². The Morgan fingerprint density at radius 3 is 2.00 bits per heavy atom. The van der Waals surface area contributed by atoms with E-state index < -0.39 is 11.6 Å². The zero-order valence-corrected chi connectivity index (χ0v) is 11.8. The lowest BCUT2D eigenvalue weighted by Crippen LogP contribution is -2.35. The summed E-state index contributed by atoms with van der Waals surface area (Å²) in [7, 11) is 0.890. The number of carbonyl (C=O) groups is 1. The summed E-state index contributed by atoms with van der Waals surface area (Å²) in [5.41, 5.74) is -1.31. The van der Waals surface area contributed by atoms with Gasteiger partial charge in [-0.1, -0.05) is 6.92 Å². The van der Waals surface area contributed by atoms with Gasteiger partial charge < -0.3 is 14.3 Å². The van der Waals surface area contributed by atoms with Crippen LogP contribution in [0.4, 0.5) is 0 Å². The van der Waals surface area contributed by atoms with Gasteiger partial charge in [-0.25, -0.2) is 4.79 Å². The molecule has 4 nitrogen and oxygen atoms in total. The Balaban J connectivity index is 0. The molecule has 0 saturated heterocycles. The molecular formula is C9H22O4Si. The van der Waals surface area contributed by atoms with Gasteiger partial charge in [0.2, 0.25) is 0 Å². The Labute approximate surface area is 89.1 Å². The van der Waals surface area contributed by atoms with Crippen LogP contribution in [-0.2, 0) is 14.0 Å². The van der Waals surface area contributed by atoms with Crippen LogP contribution in [0.1, 0.15) is 34.1 Å². The highest BCUT2D eigenvalue weighted by atomic mass is 28.2. The van der Waals surface area contributed by atoms with Crippen molar-refractivity contribution >= 4 is 16.5 Å². The molecule has 0 spiro atoms. The first-order valence-corrected chi connectivity index (χ1v) is 5.66. The van der Waals surface area contributed by atoms with Gasteiger partial charge in [0.05, 0.1) is 6.61 Å². The summed E-state index contributed by atoms with van der Waals surface area (Å²) in [5.74, 6) is -0.544. The van der Waals surface area contributed by atoms with Gasteiger partial charge in [0.25, 0.3) is 0 Å². The van der Waals surface area contributed by atoms with Gasteiger partial charge in [0.1, 0.15) is 10.5 Å². The Bertz CT molecular complexity index is 146. The normalized spacial score (nSPS) is 13.8. The van der Waals surface area contributed by atoms with Crippen LogP contribution in [0.25, 0.3) is 0 Å². The Kier molecular flexibility index (Phi) is 10.5. The fourth-order valence-corrected chi connectivity index (χ4v) is 0.431. The van der Waals surface area contributed by atoms with E-state index in [0.717, 1.165) is 17.1 Å². The first kappa shape index (κ1) is 16.1. The molecule has 0 radical (unpaired) electrons. The van der Waals surface area contributed by atoms with Gasteiger partial charge in [-0.3, -0.25) is 0 Å². The minimum absolute atomic E-state index is 0.314. The smallest absolute Gasteiger partial charge is 0.337 e. The summed E-state index contributed by atoms with van der Waals surface area (Å²) in [5, 5.41) is 9.25. The molecule has 86 valence electrons. The summed E-state index contributed by atoms with van der Waals surface area (Å²) in [4.78, 5) is 10.8. The molecule has 0 aromatic rings. The van der Waals surface area contributed by atoms with E-state index in [1.807, 2.05) is 6.92 Å². The van der Waals surface area contributed by atoms with Crippen LogP contribution in [0.3, 0.4) is 0 Å². The largest absolute Gasteiger partial charge is 0.464 e. The minimum atomic E-state index is -1.31. The molecule has 0 aliphatic rings. The number of aliphatic hydroxyl groups is 1. The number of hydrogen-bond donors (Lipinski definition) is 1. The van der Waals surface area contributed by atoms with Gasteiger partial charge in [0.15, 0.2) is 5.60 Å². The van der Waals surface area contributed by atoms with Gasteiger partial charge in [-0.2, -0.15) is 0 Å². The second-order valence-corrected chi connectivity index (χ2v) is 3.50. The van der Waals surface area contributed by atoms with Crippen LogP contribution in [0, 0.1) is 0 Å². The summed E-state index contributed by atoms with van der Waals surface area (Å²) in [6.45, 7) is 8.08. The molecule has 1 unspecified atom stereocenters. The molecule has 0 aromatic heterocycles. The third-order valence-corrected chi connectivity index (χ3v) is 2.27. The number of hydrogen-bond acceptors (Lipinski definition) is 4. The highest BCUT2D eigenvalue weighted by Crippen LogP contribution is 2.09. The second-order valence-electron chi connectivity index (χ2n) is 2.93. The SMILES string of the molecule is CCOC(=O)C(C)(O)CC.CCO[SiH3]. The zero-order chi connectivity index (χ0) is 11.6. The summed E-state index contributed by atoms with van der Waals surface area (Å²) in [6, 6.07) is 0. The van der Waals surface area contributed by atoms with Gasteiger partial charge in [-0.15, -0.1) is 0 Å². The van der Waals surface area contributed by atoms with Crippen molar-refractivity contribution in [2.75, 3.05) is 13.2 Å². The maximum Gasteiger partial charge on any atom is 0.337 e. The molecule has 1 N–H and O–H groups in total. The van der Waals surface area contributed by atoms with E-state index in [-0.39, 0.29) is 0 Å². The van der Waals surface area contributed by atoms with Crippen molar-refractivity contribution in [2.24, 2.45) is 0 Å². The van der Waals surface area contributed by atoms with Crippen molar-refractivity contribution in [3.05, 3.63) is 0 Å². The van der Waals surface area contributed by atoms with E-state index in [2.05, 4.69) is 9.16 Å². The lowest BCUT2D eigenvalue weighted by atomic mass is 10.1. The highest BCUT2D eigenvalue weighted by Gasteiger charge is 2.28. The lowest BCUT2D eigenvalue weighted by molar-refractivity contribution is -0.163. The molecule has 0 fully saturated rings.